The van der Waals surface area contributed by atoms with Gasteiger partial charge in [-0.15, -0.1) is 0 Å². The molecular weight excluding hydrogens is 400 g/mol. The lowest BCUT2D eigenvalue weighted by Gasteiger charge is -2.28. The second kappa shape index (κ2) is 13.9. The Bertz CT molecular complexity index is 833. The van der Waals surface area contributed by atoms with Crippen LogP contribution in [-0.4, -0.2) is 31.7 Å². The number of aldehydes is 1. The molecular formula is C28H38O4. The topological polar surface area (TPSA) is 55.8 Å². The summed E-state index contributed by atoms with van der Waals surface area (Å²) in [7, 11) is 1.67. The average molecular weight is 439 g/mol. The average Bonchev–Trinajstić information content (AvgIpc) is 2.84. The number of ether oxygens (including phenoxy) is 2. The van der Waals surface area contributed by atoms with Gasteiger partial charge in [0.1, 0.15) is 18.6 Å². The third-order valence-corrected chi connectivity index (χ3v) is 6.09. The second-order valence-electron chi connectivity index (χ2n) is 8.54. The Hall–Kier alpha value is -2.43. The van der Waals surface area contributed by atoms with Crippen LogP contribution in [0, 0.1) is 5.92 Å². The van der Waals surface area contributed by atoms with E-state index < -0.39 is 0 Å². The van der Waals surface area contributed by atoms with Crippen molar-refractivity contribution >= 4 is 6.29 Å². The maximum atomic E-state index is 9.43. The third-order valence-electron chi connectivity index (χ3n) is 6.09. The lowest BCUT2D eigenvalue weighted by molar-refractivity contribution is -0.104. The molecule has 0 unspecified atom stereocenters. The predicted octanol–water partition coefficient (Wildman–Crippen LogP) is 6.32. The lowest BCUT2D eigenvalue weighted by Crippen LogP contribution is -2.12. The van der Waals surface area contributed by atoms with Crippen LogP contribution in [0.15, 0.2) is 54.6 Å². The van der Waals surface area contributed by atoms with Crippen molar-refractivity contribution in [3.63, 3.8) is 0 Å². The summed E-state index contributed by atoms with van der Waals surface area (Å²) in [4.78, 5) is 9.41. The number of methoxy groups -OCH3 is 1. The van der Waals surface area contributed by atoms with E-state index in [1.54, 1.807) is 14.0 Å². The summed E-state index contributed by atoms with van der Waals surface area (Å²) < 4.78 is 11.0. The fraction of sp³-hybridized carbons (Fsp3) is 0.464. The van der Waals surface area contributed by atoms with Gasteiger partial charge in [-0.25, -0.2) is 0 Å². The minimum atomic E-state index is 0.0142. The van der Waals surface area contributed by atoms with Crippen LogP contribution in [0.5, 0.6) is 5.75 Å². The summed E-state index contributed by atoms with van der Waals surface area (Å²) in [5.41, 5.74) is 5.10. The standard InChI is InChI=1S/C24H32O3.C4H6O/c1-3-18-4-7-20(8-5-18)21-9-11-22(12-10-21)23-13-6-19(17-25)16-24(23)27-15-14-26-2;1-4(2)3-5/h6,9-13,16,18,20,25H,3-5,7-8,14-15,17H2,1-2H3;3H,1H2,2H3. The van der Waals surface area contributed by atoms with Crippen molar-refractivity contribution in [2.75, 3.05) is 20.3 Å². The molecule has 3 rings (SSSR count). The van der Waals surface area contributed by atoms with Gasteiger partial charge in [-0.1, -0.05) is 56.3 Å². The van der Waals surface area contributed by atoms with Crippen molar-refractivity contribution in [1.29, 1.82) is 0 Å². The molecule has 32 heavy (non-hydrogen) atoms. The summed E-state index contributed by atoms with van der Waals surface area (Å²) in [5.74, 6) is 2.43. The number of carbonyl (C=O) groups is 1. The SMILES string of the molecule is C=C(C)C=O.CCC1CCC(c2ccc(-c3ccc(CO)cc3OCCOC)cc2)CC1. The van der Waals surface area contributed by atoms with E-state index in [9.17, 15) is 9.90 Å². The Morgan fingerprint density at radius 3 is 2.28 bits per heavy atom. The number of aliphatic hydroxyl groups is 1. The Kier molecular flexibility index (Phi) is 11.2. The van der Waals surface area contributed by atoms with E-state index in [1.165, 1.54) is 37.7 Å². The smallest absolute Gasteiger partial charge is 0.145 e. The highest BCUT2D eigenvalue weighted by molar-refractivity contribution is 5.71. The molecule has 0 bridgehead atoms. The van der Waals surface area contributed by atoms with Gasteiger partial charge in [-0.05, 0) is 72.8 Å². The van der Waals surface area contributed by atoms with Crippen molar-refractivity contribution in [1.82, 2.24) is 0 Å². The molecule has 2 aromatic carbocycles. The molecule has 0 heterocycles. The quantitative estimate of drug-likeness (QED) is 0.283. The van der Waals surface area contributed by atoms with E-state index >= 15 is 0 Å². The first-order chi connectivity index (χ1) is 15.5. The van der Waals surface area contributed by atoms with Crippen molar-refractivity contribution in [2.45, 2.75) is 58.5 Å². The zero-order valence-electron chi connectivity index (χ0n) is 19.8. The summed E-state index contributed by atoms with van der Waals surface area (Å²) >= 11 is 0. The van der Waals surface area contributed by atoms with Gasteiger partial charge >= 0.3 is 0 Å². The monoisotopic (exact) mass is 438 g/mol. The van der Waals surface area contributed by atoms with Crippen LogP contribution in [0.2, 0.25) is 0 Å². The first-order valence-electron chi connectivity index (χ1n) is 11.6. The maximum absolute atomic E-state index is 9.43. The molecule has 1 aliphatic rings. The molecule has 0 spiro atoms. The summed E-state index contributed by atoms with van der Waals surface area (Å²) in [6, 6.07) is 14.9. The van der Waals surface area contributed by atoms with E-state index in [0.717, 1.165) is 34.6 Å². The highest BCUT2D eigenvalue weighted by atomic mass is 16.5. The molecule has 1 N–H and O–H groups in total. The molecule has 0 saturated heterocycles. The van der Waals surface area contributed by atoms with Crippen LogP contribution in [0.1, 0.15) is 63.0 Å². The van der Waals surface area contributed by atoms with Crippen molar-refractivity contribution in [2.24, 2.45) is 5.92 Å². The number of hydrogen-bond donors (Lipinski definition) is 1. The van der Waals surface area contributed by atoms with Gasteiger partial charge in [0.2, 0.25) is 0 Å². The summed E-state index contributed by atoms with van der Waals surface area (Å²) in [5, 5.41) is 9.43. The Balaban J connectivity index is 0.000000654. The molecule has 1 fully saturated rings. The fourth-order valence-electron chi connectivity index (χ4n) is 4.10. The van der Waals surface area contributed by atoms with Crippen molar-refractivity contribution < 1.29 is 19.4 Å². The first-order valence-corrected chi connectivity index (χ1v) is 11.6. The number of carbonyl (C=O) groups excluding carboxylic acids is 1. The second-order valence-corrected chi connectivity index (χ2v) is 8.54. The zero-order valence-corrected chi connectivity index (χ0v) is 19.8. The normalized spacial score (nSPS) is 17.8. The van der Waals surface area contributed by atoms with Crippen LogP contribution >= 0.6 is 0 Å². The maximum Gasteiger partial charge on any atom is 0.145 e. The highest BCUT2D eigenvalue weighted by Crippen LogP contribution is 2.38. The van der Waals surface area contributed by atoms with Crippen LogP contribution in [0.3, 0.4) is 0 Å². The van der Waals surface area contributed by atoms with Crippen LogP contribution in [0.25, 0.3) is 11.1 Å². The number of rotatable bonds is 9. The van der Waals surface area contributed by atoms with Gasteiger partial charge in [-0.2, -0.15) is 0 Å². The molecule has 0 atom stereocenters. The Morgan fingerprint density at radius 1 is 1.09 bits per heavy atom. The van der Waals surface area contributed by atoms with Gasteiger partial charge in [0.15, 0.2) is 0 Å². The molecule has 4 heteroatoms. The van der Waals surface area contributed by atoms with Crippen LogP contribution < -0.4 is 4.74 Å². The van der Waals surface area contributed by atoms with Gasteiger partial charge in [0, 0.05) is 12.7 Å². The van der Waals surface area contributed by atoms with Crippen LogP contribution in [0.4, 0.5) is 0 Å². The van der Waals surface area contributed by atoms with Crippen molar-refractivity contribution in [3.05, 3.63) is 65.7 Å². The van der Waals surface area contributed by atoms with Crippen molar-refractivity contribution in [3.8, 4) is 16.9 Å². The molecule has 1 saturated carbocycles. The number of allylic oxidation sites excluding steroid dienone is 1. The molecule has 0 aliphatic heterocycles. The molecule has 0 radical (unpaired) electrons. The molecule has 0 aromatic heterocycles. The van der Waals surface area contributed by atoms with E-state index in [-0.39, 0.29) is 6.61 Å². The molecule has 0 amide bonds. The molecule has 174 valence electrons. The Morgan fingerprint density at radius 2 is 1.75 bits per heavy atom. The van der Waals surface area contributed by atoms with Crippen LogP contribution in [-0.2, 0) is 16.1 Å². The van der Waals surface area contributed by atoms with E-state index in [0.29, 0.717) is 24.7 Å². The molecule has 2 aromatic rings. The van der Waals surface area contributed by atoms with Gasteiger partial charge in [-0.3, -0.25) is 4.79 Å². The summed E-state index contributed by atoms with van der Waals surface area (Å²) in [6.45, 7) is 8.33. The van der Waals surface area contributed by atoms with Gasteiger partial charge in [0.05, 0.1) is 13.2 Å². The van der Waals surface area contributed by atoms with Gasteiger partial charge in [0.25, 0.3) is 0 Å². The molecule has 4 nitrogen and oxygen atoms in total. The minimum absolute atomic E-state index is 0.0142. The molecule has 1 aliphatic carbocycles. The number of aliphatic hydroxyl groups excluding tert-OH is 1. The summed E-state index contributed by atoms with van der Waals surface area (Å²) in [6.07, 6.45) is 7.40. The highest BCUT2D eigenvalue weighted by Gasteiger charge is 2.21. The van der Waals surface area contributed by atoms with E-state index in [2.05, 4.69) is 37.8 Å². The first kappa shape index (κ1) is 25.8. The third kappa shape index (κ3) is 7.92. The lowest BCUT2D eigenvalue weighted by atomic mass is 9.77. The largest absolute Gasteiger partial charge is 0.491 e. The fourth-order valence-corrected chi connectivity index (χ4v) is 4.10. The van der Waals surface area contributed by atoms with E-state index in [1.807, 2.05) is 18.2 Å². The Labute approximate surface area is 193 Å². The van der Waals surface area contributed by atoms with Gasteiger partial charge < -0.3 is 14.6 Å². The predicted molar refractivity (Wildman–Crippen MR) is 131 cm³/mol. The minimum Gasteiger partial charge on any atom is -0.491 e. The number of hydrogen-bond acceptors (Lipinski definition) is 4. The van der Waals surface area contributed by atoms with E-state index in [4.69, 9.17) is 9.47 Å². The zero-order chi connectivity index (χ0) is 23.3. The number of benzene rings is 2.